The number of allylic oxidation sites excluding steroid dienone is 1. The van der Waals surface area contributed by atoms with E-state index in [4.69, 9.17) is 66.3 Å². The Morgan fingerprint density at radius 3 is 1.16 bits per heavy atom. The Morgan fingerprint density at radius 2 is 0.745 bits per heavy atom. The van der Waals surface area contributed by atoms with E-state index in [1.54, 1.807) is 6.08 Å². The maximum absolute atomic E-state index is 14.7. The predicted molar refractivity (Wildman–Crippen MR) is 512 cm³/mol. The summed E-state index contributed by atoms with van der Waals surface area (Å²) in [7, 11) is 0. The van der Waals surface area contributed by atoms with Crippen molar-refractivity contribution in [2.24, 2.45) is 5.92 Å². The minimum atomic E-state index is -3.81. The standard InChI is InChI=1S/C98H170N4O47/c1-7-9-11-13-15-17-19-21-22-23-24-26-28-30-32-34-36-38-68(119)102-56(57(114)37-35-33-31-29-27-25-20-18-16-14-12-10-8-2)50-136-90-80(128)78(126)83(66(48-108)139-90)142-92-81(129)88(84(67(49-109)140-92)143-89-55(39-51(3)110)82(74(122)63(45-105)137-89)141-91-79(127)77(125)73(121)62(44-104)138-91)149-98(95(134)135)42-60(117)71(101-54(6)113)87(148-98)76(124)65(47-107)145-97(94(132)133)41-59(116)70(100-53(5)112)86(147-97)75(123)64(46-106)144-96(93(130)131)40-58(115)69(99-52(4)111)85(146-96)72(120)61(118)43-103/h35,37,55-67,69-92,103-109,114-118,120-129H,7-34,36,38-50H2,1-6H3,(H,99,111)(H,100,112)(H,101,113)(H,102,119)(H,130,131)(H,132,133)(H,134,135)/t55-,56+,57-,58+,59+,60+,61-,62-,63-,64-,65-,66-,67-,69-,70-,71-,72-,73+,74+,75-,76-,77+,78-,79-,80-,81-,82-,83-,84+,85?,86?,87?,88-,89+,90-,91+,92+,96-,97-,98+/m1/s1. The number of ketones is 1. The van der Waals surface area contributed by atoms with Crippen molar-refractivity contribution in [2.75, 3.05) is 52.9 Å². The zero-order chi connectivity index (χ0) is 110. The van der Waals surface area contributed by atoms with Crippen LogP contribution in [0.1, 0.15) is 260 Å². The van der Waals surface area contributed by atoms with Crippen LogP contribution >= 0.6 is 0 Å². The number of hydrogen-bond donors (Lipinski definition) is 29. The van der Waals surface area contributed by atoms with Crippen molar-refractivity contribution >= 4 is 47.3 Å². The van der Waals surface area contributed by atoms with Gasteiger partial charge in [0.1, 0.15) is 146 Å². The van der Waals surface area contributed by atoms with Gasteiger partial charge in [0.15, 0.2) is 25.2 Å². The summed E-state index contributed by atoms with van der Waals surface area (Å²) in [6.45, 7) is -2.15. The number of unbranched alkanes of at least 4 members (excludes halogenated alkanes) is 27. The summed E-state index contributed by atoms with van der Waals surface area (Å²) in [5.41, 5.74) is 0. The van der Waals surface area contributed by atoms with Crippen LogP contribution in [0.4, 0.5) is 0 Å². The van der Waals surface area contributed by atoms with Gasteiger partial charge in [0, 0.05) is 58.8 Å². The summed E-state index contributed by atoms with van der Waals surface area (Å²) < 4.78 is 84.5. The highest BCUT2D eigenvalue weighted by molar-refractivity contribution is 5.79. The van der Waals surface area contributed by atoms with E-state index < -0.39 is 369 Å². The summed E-state index contributed by atoms with van der Waals surface area (Å²) in [5, 5.41) is 296. The minimum Gasteiger partial charge on any atom is -0.477 e. The molecule has 29 N–H and O–H groups in total. The molecular weight excluding hydrogens is 1990 g/mol. The number of nitrogens with one attached hydrogen (secondary N) is 4. The fourth-order valence-corrected chi connectivity index (χ4v) is 20.1. The fraction of sp³-hybridized carbons (Fsp3) is 0.898. The Morgan fingerprint density at radius 1 is 0.383 bits per heavy atom. The van der Waals surface area contributed by atoms with Gasteiger partial charge < -0.3 is 220 Å². The second-order valence-corrected chi connectivity index (χ2v) is 40.3. The van der Waals surface area contributed by atoms with Gasteiger partial charge in [0.05, 0.1) is 108 Å². The van der Waals surface area contributed by atoms with Crippen molar-refractivity contribution in [1.29, 1.82) is 0 Å². The lowest BCUT2D eigenvalue weighted by atomic mass is 9.86. The molecule has 0 radical (unpaired) electrons. The van der Waals surface area contributed by atoms with Crippen molar-refractivity contribution in [2.45, 2.75) is 497 Å². The normalized spacial score (nSPS) is 35.2. The first kappa shape index (κ1) is 130. The molecule has 7 rings (SSSR count). The van der Waals surface area contributed by atoms with E-state index in [0.29, 0.717) is 12.8 Å². The van der Waals surface area contributed by atoms with E-state index in [9.17, 15) is 166 Å². The second-order valence-electron chi connectivity index (χ2n) is 40.3. The molecule has 0 spiro atoms. The van der Waals surface area contributed by atoms with Crippen molar-refractivity contribution in [3.63, 3.8) is 0 Å². The zero-order valence-corrected chi connectivity index (χ0v) is 85.9. The van der Waals surface area contributed by atoms with Gasteiger partial charge in [0.25, 0.3) is 17.4 Å². The van der Waals surface area contributed by atoms with Gasteiger partial charge >= 0.3 is 17.9 Å². The number of carbonyl (C=O) groups excluding carboxylic acids is 5. The third kappa shape index (κ3) is 37.2. The van der Waals surface area contributed by atoms with Crippen LogP contribution in [0, 0.1) is 5.92 Å². The smallest absolute Gasteiger partial charge is 0.364 e. The number of amides is 4. The largest absolute Gasteiger partial charge is 0.477 e. The lowest BCUT2D eigenvalue weighted by Gasteiger charge is -2.53. The molecule has 0 aliphatic carbocycles. The molecule has 7 fully saturated rings. The maximum Gasteiger partial charge on any atom is 0.364 e. The van der Waals surface area contributed by atoms with Crippen LogP contribution in [0.3, 0.4) is 0 Å². The number of ether oxygens (including phenoxy) is 14. The number of carbonyl (C=O) groups is 8. The average Bonchev–Trinajstić information content (AvgIpc) is 0.740. The summed E-state index contributed by atoms with van der Waals surface area (Å²) in [5.74, 6) is -24.3. The number of rotatable bonds is 69. The first-order valence-electron chi connectivity index (χ1n) is 52.6. The molecular formula is C98H170N4O47. The van der Waals surface area contributed by atoms with Crippen LogP contribution in [-0.2, 0) is 105 Å². The molecule has 3 unspecified atom stereocenters. The van der Waals surface area contributed by atoms with E-state index in [1.165, 1.54) is 96.0 Å². The SMILES string of the molecule is CCCCCCCCCCCCCC=C[C@@H](O)[C@H](CO[C@@H]1O[C@H](CO)[C@@H](O[C@@H]2O[C@H](CO)[C@H](O[C@@H]3O[C@H](CO)[C@H](O)[C@H](O[C@@H]4O[C@H](CO)[C@H](O)[C@H](O)[C@H]4O)[C@H]3CC(C)=O)[C@H](O[C@]3(C(=O)O)C[C@H](O)[C@@H](NC(C)=O)C([C@H](O)[C@@H](CO)O[C@]4(C(=O)O)C[C@H](O)[C@@H](NC(C)=O)C([C@H](O)[C@@H](CO)O[C@]5(C(=O)O)C[C@H](O)[C@@H](NC(C)=O)C([C@H](O)[C@H](O)CO)O5)O4)O3)[C@H]2O)[C@H](O)[C@H]1O)NC(=O)CCCCCCCCCCCCCCCCCCC. The molecule has 51 heteroatoms. The van der Waals surface area contributed by atoms with Crippen LogP contribution < -0.4 is 21.3 Å². The highest BCUT2D eigenvalue weighted by Crippen LogP contribution is 2.46. The summed E-state index contributed by atoms with van der Waals surface area (Å²) >= 11 is 0. The van der Waals surface area contributed by atoms with Gasteiger partial charge in [-0.2, -0.15) is 0 Å². The van der Waals surface area contributed by atoms with Gasteiger partial charge in [-0.15, -0.1) is 0 Å². The Balaban J connectivity index is 1.23. The average molecular weight is 2160 g/mol. The third-order valence-corrected chi connectivity index (χ3v) is 28.4. The van der Waals surface area contributed by atoms with Gasteiger partial charge in [0.2, 0.25) is 23.6 Å². The molecule has 0 bridgehead atoms. The van der Waals surface area contributed by atoms with Crippen molar-refractivity contribution in [3.8, 4) is 0 Å². The number of aliphatic carboxylic acids is 3. The molecule has 864 valence electrons. The first-order valence-corrected chi connectivity index (χ1v) is 52.6. The van der Waals surface area contributed by atoms with Crippen molar-refractivity contribution < 1.29 is 232 Å². The van der Waals surface area contributed by atoms with Crippen LogP contribution in [-0.4, -0.2) is 465 Å². The van der Waals surface area contributed by atoms with Gasteiger partial charge in [-0.25, -0.2) is 14.4 Å². The molecule has 4 amide bonds. The predicted octanol–water partition coefficient (Wildman–Crippen LogP) is -4.82. The molecule has 40 atom stereocenters. The molecule has 0 aromatic carbocycles. The Kier molecular flexibility index (Phi) is 56.6. The maximum atomic E-state index is 14.7. The fourth-order valence-electron chi connectivity index (χ4n) is 20.1. The summed E-state index contributed by atoms with van der Waals surface area (Å²) in [4.78, 5) is 108. The van der Waals surface area contributed by atoms with Crippen LogP contribution in [0.2, 0.25) is 0 Å². The van der Waals surface area contributed by atoms with E-state index in [2.05, 4.69) is 35.1 Å². The van der Waals surface area contributed by atoms with Crippen LogP contribution in [0.15, 0.2) is 12.2 Å². The lowest BCUT2D eigenvalue weighted by molar-refractivity contribution is -0.407. The minimum absolute atomic E-state index is 0.0563. The summed E-state index contributed by atoms with van der Waals surface area (Å²) in [6.07, 6.45) is -44.4. The quantitative estimate of drug-likeness (QED) is 0.0201. The molecule has 51 nitrogen and oxygen atoms in total. The molecule has 7 aliphatic heterocycles. The summed E-state index contributed by atoms with van der Waals surface area (Å²) in [6, 6.07) is -7.45. The zero-order valence-electron chi connectivity index (χ0n) is 85.9. The Bertz CT molecular complexity index is 3950. The van der Waals surface area contributed by atoms with Gasteiger partial charge in [-0.05, 0) is 26.2 Å². The number of hydrogen-bond acceptors (Lipinski definition) is 44. The molecule has 0 aromatic rings. The molecule has 149 heavy (non-hydrogen) atoms. The molecule has 0 saturated carbocycles. The number of carboxylic acids is 3. The third-order valence-electron chi connectivity index (χ3n) is 28.4. The highest BCUT2D eigenvalue weighted by atomic mass is 16.8. The second kappa shape index (κ2) is 64.8. The molecule has 7 heterocycles. The lowest BCUT2D eigenvalue weighted by Crippen LogP contribution is -2.72. The Labute approximate surface area is 865 Å². The number of Topliss-reactive ketones (excluding diaryl/α,β-unsaturated/α-hetero) is 1. The topological polar surface area (TPSA) is 820 Å². The number of carboxylic acid groups (broad SMARTS) is 3. The van der Waals surface area contributed by atoms with E-state index >= 15 is 0 Å². The van der Waals surface area contributed by atoms with Gasteiger partial charge in [-0.3, -0.25) is 19.2 Å². The van der Waals surface area contributed by atoms with E-state index in [-0.39, 0.29) is 6.42 Å². The van der Waals surface area contributed by atoms with Crippen molar-refractivity contribution in [1.82, 2.24) is 21.3 Å². The Hall–Kier alpha value is -5.74. The first-order chi connectivity index (χ1) is 70.9. The molecule has 7 saturated heterocycles. The van der Waals surface area contributed by atoms with Crippen LogP contribution in [0.25, 0.3) is 0 Å². The highest BCUT2D eigenvalue weighted by Gasteiger charge is 2.66. The van der Waals surface area contributed by atoms with Crippen LogP contribution in [0.5, 0.6) is 0 Å². The number of aliphatic hydroxyl groups excluding tert-OH is 22. The van der Waals surface area contributed by atoms with Crippen molar-refractivity contribution in [3.05, 3.63) is 12.2 Å². The van der Waals surface area contributed by atoms with Gasteiger partial charge in [-0.1, -0.05) is 193 Å². The molecule has 7 aliphatic rings. The van der Waals surface area contributed by atoms with E-state index in [0.717, 1.165) is 111 Å². The molecule has 0 aromatic heterocycles. The monoisotopic (exact) mass is 2160 g/mol. The number of aliphatic hydroxyl groups is 22. The van der Waals surface area contributed by atoms with E-state index in [1.807, 2.05) is 0 Å².